The molecule has 0 unspecified atom stereocenters. The first kappa shape index (κ1) is 10.5. The van der Waals surface area contributed by atoms with Crippen LogP contribution in [0.5, 0.6) is 0 Å². The Morgan fingerprint density at radius 2 is 2.20 bits per heavy atom. The molecule has 1 aliphatic carbocycles. The van der Waals surface area contributed by atoms with Crippen LogP contribution in [0.4, 0.5) is 4.39 Å². The second-order valence-electron chi connectivity index (χ2n) is 3.74. The first-order chi connectivity index (χ1) is 7.10. The van der Waals surface area contributed by atoms with Gasteiger partial charge in [0.25, 0.3) is 0 Å². The minimum absolute atomic E-state index is 0.326. The number of rotatable bonds is 3. The molecule has 0 radical (unpaired) electrons. The van der Waals surface area contributed by atoms with Crippen LogP contribution < -0.4 is 0 Å². The van der Waals surface area contributed by atoms with E-state index in [9.17, 15) is 9.18 Å². The fourth-order valence-corrected chi connectivity index (χ4v) is 2.17. The van der Waals surface area contributed by atoms with Crippen molar-refractivity contribution in [3.63, 3.8) is 0 Å². The third kappa shape index (κ3) is 1.63. The number of carbonyl (C=O) groups is 1. The molecule has 0 aliphatic heterocycles. The summed E-state index contributed by atoms with van der Waals surface area (Å²) >= 11 is 1.32. The molecule has 1 aromatic carbocycles. The molecule has 0 spiro atoms. The number of carboxylic acids is 1. The lowest BCUT2D eigenvalue weighted by Crippen LogP contribution is -2.19. The van der Waals surface area contributed by atoms with Crippen LogP contribution in [0.25, 0.3) is 0 Å². The molecule has 1 saturated carbocycles. The van der Waals surface area contributed by atoms with Crippen LogP contribution in [0.15, 0.2) is 23.1 Å². The van der Waals surface area contributed by atoms with Crippen molar-refractivity contribution in [1.82, 2.24) is 0 Å². The van der Waals surface area contributed by atoms with E-state index < -0.39 is 11.4 Å². The zero-order valence-corrected chi connectivity index (χ0v) is 9.10. The lowest BCUT2D eigenvalue weighted by Gasteiger charge is -2.11. The Bertz CT molecular complexity index is 413. The van der Waals surface area contributed by atoms with Crippen molar-refractivity contribution in [3.8, 4) is 0 Å². The predicted molar refractivity (Wildman–Crippen MR) is 56.7 cm³/mol. The third-order valence-electron chi connectivity index (χ3n) is 2.86. The van der Waals surface area contributed by atoms with Crippen LogP contribution in [0.3, 0.4) is 0 Å². The molecular weight excluding hydrogens is 215 g/mol. The number of benzene rings is 1. The number of halogens is 1. The summed E-state index contributed by atoms with van der Waals surface area (Å²) in [6, 6.07) is 4.72. The van der Waals surface area contributed by atoms with Crippen molar-refractivity contribution in [3.05, 3.63) is 29.6 Å². The Morgan fingerprint density at radius 3 is 2.60 bits per heavy atom. The van der Waals surface area contributed by atoms with Crippen molar-refractivity contribution < 1.29 is 14.3 Å². The largest absolute Gasteiger partial charge is 0.481 e. The second-order valence-corrected chi connectivity index (χ2v) is 4.58. The molecular formula is C11H11FO2S. The SMILES string of the molecule is CSc1ccc(C2(C(=O)O)CC2)cc1F. The van der Waals surface area contributed by atoms with Crippen LogP contribution in [0.2, 0.25) is 0 Å². The number of hydrogen-bond donors (Lipinski definition) is 1. The van der Waals surface area contributed by atoms with E-state index >= 15 is 0 Å². The van der Waals surface area contributed by atoms with Gasteiger partial charge in [0, 0.05) is 4.90 Å². The lowest BCUT2D eigenvalue weighted by molar-refractivity contribution is -0.140. The lowest BCUT2D eigenvalue weighted by atomic mass is 9.96. The first-order valence-corrected chi connectivity index (χ1v) is 5.90. The average molecular weight is 226 g/mol. The summed E-state index contributed by atoms with van der Waals surface area (Å²) in [4.78, 5) is 11.6. The molecule has 0 bridgehead atoms. The topological polar surface area (TPSA) is 37.3 Å². The molecule has 80 valence electrons. The van der Waals surface area contributed by atoms with Crippen molar-refractivity contribution in [2.75, 3.05) is 6.26 Å². The number of hydrogen-bond acceptors (Lipinski definition) is 2. The minimum Gasteiger partial charge on any atom is -0.481 e. The van der Waals surface area contributed by atoms with Gasteiger partial charge in [-0.25, -0.2) is 4.39 Å². The van der Waals surface area contributed by atoms with Gasteiger partial charge in [-0.1, -0.05) is 6.07 Å². The summed E-state index contributed by atoms with van der Waals surface area (Å²) in [6.07, 6.45) is 3.02. The van der Waals surface area contributed by atoms with Crippen LogP contribution in [-0.4, -0.2) is 17.3 Å². The number of thioether (sulfide) groups is 1. The highest BCUT2D eigenvalue weighted by Gasteiger charge is 2.51. The first-order valence-electron chi connectivity index (χ1n) is 4.67. The maximum atomic E-state index is 13.5. The molecule has 0 aromatic heterocycles. The Morgan fingerprint density at radius 1 is 1.53 bits per heavy atom. The van der Waals surface area contributed by atoms with E-state index in [4.69, 9.17) is 5.11 Å². The smallest absolute Gasteiger partial charge is 0.314 e. The van der Waals surface area contributed by atoms with Crippen LogP contribution in [-0.2, 0) is 10.2 Å². The van der Waals surface area contributed by atoms with Gasteiger partial charge >= 0.3 is 5.97 Å². The zero-order chi connectivity index (χ0) is 11.1. The molecule has 0 atom stereocenters. The summed E-state index contributed by atoms with van der Waals surface area (Å²) in [5.41, 5.74) is -0.220. The van der Waals surface area contributed by atoms with E-state index in [1.165, 1.54) is 17.8 Å². The normalized spacial score (nSPS) is 17.5. The molecule has 0 amide bonds. The van der Waals surface area contributed by atoms with E-state index in [-0.39, 0.29) is 5.82 Å². The maximum absolute atomic E-state index is 13.5. The Labute approximate surface area is 91.5 Å². The van der Waals surface area contributed by atoms with Gasteiger partial charge < -0.3 is 5.11 Å². The molecule has 1 fully saturated rings. The molecule has 1 N–H and O–H groups in total. The van der Waals surface area contributed by atoms with Crippen LogP contribution in [0.1, 0.15) is 18.4 Å². The monoisotopic (exact) mass is 226 g/mol. The van der Waals surface area contributed by atoms with Gasteiger partial charge in [-0.05, 0) is 36.8 Å². The highest BCUT2D eigenvalue weighted by atomic mass is 32.2. The standard InChI is InChI=1S/C11H11FO2S/c1-15-9-3-2-7(6-8(9)12)11(4-5-11)10(13)14/h2-3,6H,4-5H2,1H3,(H,13,14). The van der Waals surface area contributed by atoms with E-state index in [1.54, 1.807) is 18.4 Å². The molecule has 15 heavy (non-hydrogen) atoms. The van der Waals surface area contributed by atoms with Gasteiger partial charge in [-0.2, -0.15) is 0 Å². The van der Waals surface area contributed by atoms with Gasteiger partial charge in [0.05, 0.1) is 5.41 Å². The van der Waals surface area contributed by atoms with Crippen molar-refractivity contribution in [2.24, 2.45) is 0 Å². The van der Waals surface area contributed by atoms with Gasteiger partial charge in [0.15, 0.2) is 0 Å². The Kier molecular flexibility index (Phi) is 2.46. The average Bonchev–Trinajstić information content (AvgIpc) is 2.98. The quantitative estimate of drug-likeness (QED) is 0.805. The Balaban J connectivity index is 2.39. The van der Waals surface area contributed by atoms with Crippen molar-refractivity contribution in [2.45, 2.75) is 23.2 Å². The van der Waals surface area contributed by atoms with Gasteiger partial charge in [0.1, 0.15) is 5.82 Å². The molecule has 0 heterocycles. The third-order valence-corrected chi connectivity index (χ3v) is 3.63. The summed E-state index contributed by atoms with van der Waals surface area (Å²) in [5.74, 6) is -1.17. The van der Waals surface area contributed by atoms with Gasteiger partial charge in [0.2, 0.25) is 0 Å². The fourth-order valence-electron chi connectivity index (χ4n) is 1.72. The number of aliphatic carboxylic acids is 1. The Hall–Kier alpha value is -1.03. The number of carboxylic acid groups (broad SMARTS) is 1. The maximum Gasteiger partial charge on any atom is 0.314 e. The summed E-state index contributed by atoms with van der Waals surface area (Å²) in [6.45, 7) is 0. The van der Waals surface area contributed by atoms with E-state index in [0.717, 1.165) is 0 Å². The van der Waals surface area contributed by atoms with Gasteiger partial charge in [-0.15, -0.1) is 11.8 Å². The van der Waals surface area contributed by atoms with E-state index in [2.05, 4.69) is 0 Å². The summed E-state index contributed by atoms with van der Waals surface area (Å²) in [7, 11) is 0. The molecule has 2 nitrogen and oxygen atoms in total. The van der Waals surface area contributed by atoms with Crippen molar-refractivity contribution in [1.29, 1.82) is 0 Å². The molecule has 1 aliphatic rings. The fraction of sp³-hybridized carbons (Fsp3) is 0.364. The molecule has 4 heteroatoms. The highest BCUT2D eigenvalue weighted by molar-refractivity contribution is 7.98. The predicted octanol–water partition coefficient (Wildman–Crippen LogP) is 2.66. The van der Waals surface area contributed by atoms with Crippen LogP contribution in [0, 0.1) is 5.82 Å². The van der Waals surface area contributed by atoms with Crippen LogP contribution >= 0.6 is 11.8 Å². The second kappa shape index (κ2) is 3.52. The van der Waals surface area contributed by atoms with Gasteiger partial charge in [-0.3, -0.25) is 4.79 Å². The zero-order valence-electron chi connectivity index (χ0n) is 8.29. The minimum atomic E-state index is -0.848. The molecule has 2 rings (SSSR count). The van der Waals surface area contributed by atoms with E-state index in [1.807, 2.05) is 0 Å². The summed E-state index contributed by atoms with van der Waals surface area (Å²) in [5, 5.41) is 9.05. The van der Waals surface area contributed by atoms with E-state index in [0.29, 0.717) is 23.3 Å². The highest BCUT2D eigenvalue weighted by Crippen LogP contribution is 2.48. The summed E-state index contributed by atoms with van der Waals surface area (Å²) < 4.78 is 13.5. The molecule has 1 aromatic rings. The molecule has 0 saturated heterocycles. The van der Waals surface area contributed by atoms with Crippen molar-refractivity contribution >= 4 is 17.7 Å².